The molecule has 1 saturated carbocycles. The van der Waals surface area contributed by atoms with E-state index in [1.807, 2.05) is 35.2 Å². The van der Waals surface area contributed by atoms with Gasteiger partial charge in [-0.05, 0) is 47.9 Å². The molecule has 0 aliphatic heterocycles. The molecule has 4 aromatic rings. The molecule has 136 valence electrons. The molecule has 1 fully saturated rings. The van der Waals surface area contributed by atoms with Crippen molar-refractivity contribution in [2.45, 2.75) is 29.7 Å². The highest BCUT2D eigenvalue weighted by molar-refractivity contribution is 7.98. The second-order valence-electron chi connectivity index (χ2n) is 6.55. The molecule has 0 amide bonds. The van der Waals surface area contributed by atoms with Crippen LogP contribution in [0.25, 0.3) is 22.2 Å². The van der Waals surface area contributed by atoms with Crippen LogP contribution in [-0.4, -0.2) is 24.9 Å². The number of nitrogens with zero attached hydrogens (tertiary/aromatic N) is 5. The lowest BCUT2D eigenvalue weighted by Crippen LogP contribution is -1.94. The summed E-state index contributed by atoms with van der Waals surface area (Å²) in [7, 11) is 1.97. The van der Waals surface area contributed by atoms with Gasteiger partial charge in [0.1, 0.15) is 0 Å². The molecule has 1 aromatic carbocycles. The fraction of sp³-hybridized carbons (Fsp3) is 0.263. The summed E-state index contributed by atoms with van der Waals surface area (Å²) in [4.78, 5) is 5.65. The minimum Gasteiger partial charge on any atom is -0.334 e. The van der Waals surface area contributed by atoms with Gasteiger partial charge in [0.2, 0.25) is 0 Å². The molecule has 27 heavy (non-hydrogen) atoms. The Morgan fingerprint density at radius 3 is 2.96 bits per heavy atom. The third-order valence-corrected chi connectivity index (χ3v) is 6.44. The third-order valence-electron chi connectivity index (χ3n) is 4.56. The van der Waals surface area contributed by atoms with Crippen LogP contribution in [0, 0.1) is 0 Å². The fourth-order valence-electron chi connectivity index (χ4n) is 2.96. The van der Waals surface area contributed by atoms with E-state index in [0.717, 1.165) is 21.4 Å². The summed E-state index contributed by atoms with van der Waals surface area (Å²) in [5, 5.41) is 15.6. The largest absolute Gasteiger partial charge is 0.334 e. The lowest BCUT2D eigenvalue weighted by atomic mass is 10.1. The van der Waals surface area contributed by atoms with Gasteiger partial charge >= 0.3 is 0 Å². The third kappa shape index (κ3) is 3.42. The van der Waals surface area contributed by atoms with Crippen LogP contribution in [0.1, 0.15) is 30.1 Å². The average Bonchev–Trinajstić information content (AvgIpc) is 3.07. The summed E-state index contributed by atoms with van der Waals surface area (Å²) in [6, 6.07) is 12.5. The van der Waals surface area contributed by atoms with Crippen LogP contribution < -0.4 is 0 Å². The highest BCUT2D eigenvalue weighted by Crippen LogP contribution is 2.41. The van der Waals surface area contributed by atoms with E-state index in [4.69, 9.17) is 4.52 Å². The van der Waals surface area contributed by atoms with Crippen molar-refractivity contribution in [3.8, 4) is 22.2 Å². The quantitative estimate of drug-likeness (QED) is 0.438. The lowest BCUT2D eigenvalue weighted by molar-refractivity contribution is 0.425. The van der Waals surface area contributed by atoms with E-state index < -0.39 is 0 Å². The predicted octanol–water partition coefficient (Wildman–Crippen LogP) is 4.76. The van der Waals surface area contributed by atoms with Crippen molar-refractivity contribution in [3.63, 3.8) is 0 Å². The zero-order chi connectivity index (χ0) is 18.2. The monoisotopic (exact) mass is 395 g/mol. The van der Waals surface area contributed by atoms with Gasteiger partial charge in [-0.15, -0.1) is 21.5 Å². The highest BCUT2D eigenvalue weighted by atomic mass is 32.2. The molecule has 1 aliphatic rings. The van der Waals surface area contributed by atoms with Gasteiger partial charge in [0.25, 0.3) is 5.89 Å². The molecule has 3 aromatic heterocycles. The molecule has 5 rings (SSSR count). The van der Waals surface area contributed by atoms with Crippen LogP contribution >= 0.6 is 23.1 Å². The Kier molecular flexibility index (Phi) is 4.29. The van der Waals surface area contributed by atoms with Gasteiger partial charge < -0.3 is 9.09 Å². The van der Waals surface area contributed by atoms with Gasteiger partial charge in [-0.1, -0.05) is 35.1 Å². The zero-order valence-corrected chi connectivity index (χ0v) is 16.3. The summed E-state index contributed by atoms with van der Waals surface area (Å²) >= 11 is 3.21. The first-order valence-electron chi connectivity index (χ1n) is 8.77. The molecule has 8 heteroatoms. The molecule has 6 nitrogen and oxygen atoms in total. The van der Waals surface area contributed by atoms with Crippen LogP contribution in [-0.2, 0) is 12.8 Å². The molecule has 0 atom stereocenters. The predicted molar refractivity (Wildman–Crippen MR) is 106 cm³/mol. The Hall–Kier alpha value is -2.45. The molecule has 3 heterocycles. The van der Waals surface area contributed by atoms with E-state index in [9.17, 15) is 0 Å². The van der Waals surface area contributed by atoms with Crippen LogP contribution in [0.15, 0.2) is 51.5 Å². The Morgan fingerprint density at radius 2 is 2.15 bits per heavy atom. The number of rotatable bonds is 6. The summed E-state index contributed by atoms with van der Waals surface area (Å²) in [5.74, 6) is 3.40. The summed E-state index contributed by atoms with van der Waals surface area (Å²) in [6.07, 6.45) is 2.56. The zero-order valence-electron chi connectivity index (χ0n) is 14.7. The van der Waals surface area contributed by atoms with E-state index in [-0.39, 0.29) is 0 Å². The molecule has 0 spiro atoms. The fourth-order valence-corrected chi connectivity index (χ4v) is 4.46. The van der Waals surface area contributed by atoms with Gasteiger partial charge in [-0.2, -0.15) is 4.98 Å². The van der Waals surface area contributed by atoms with Crippen molar-refractivity contribution in [3.05, 3.63) is 53.2 Å². The normalized spacial score (nSPS) is 14.0. The van der Waals surface area contributed by atoms with Gasteiger partial charge in [-0.3, -0.25) is 0 Å². The molecule has 0 radical (unpaired) electrons. The minimum absolute atomic E-state index is 0.574. The van der Waals surface area contributed by atoms with Gasteiger partial charge in [0.15, 0.2) is 16.8 Å². The molecule has 0 N–H and O–H groups in total. The van der Waals surface area contributed by atoms with Crippen LogP contribution in [0.2, 0.25) is 0 Å². The molecular formula is C19H17N5OS2. The van der Waals surface area contributed by atoms with E-state index >= 15 is 0 Å². The summed E-state index contributed by atoms with van der Waals surface area (Å²) in [5.41, 5.74) is 2.35. The maximum atomic E-state index is 5.47. The van der Waals surface area contributed by atoms with E-state index in [1.54, 1.807) is 23.1 Å². The number of hydrogen-bond donors (Lipinski definition) is 0. The first-order chi connectivity index (χ1) is 13.3. The SMILES string of the molecule is Cn1c(SCc2noc(-c3cccc(C4CC4)c3)n2)nnc1-c1cccs1. The summed E-state index contributed by atoms with van der Waals surface area (Å²) < 4.78 is 7.47. The number of aromatic nitrogens is 5. The Morgan fingerprint density at radius 1 is 1.22 bits per heavy atom. The van der Waals surface area contributed by atoms with Crippen molar-refractivity contribution in [1.29, 1.82) is 0 Å². The number of thioether (sulfide) groups is 1. The molecular weight excluding hydrogens is 378 g/mol. The van der Waals surface area contributed by atoms with Gasteiger partial charge in [0.05, 0.1) is 10.6 Å². The van der Waals surface area contributed by atoms with E-state index in [1.165, 1.54) is 18.4 Å². The lowest BCUT2D eigenvalue weighted by Gasteiger charge is -2.00. The van der Waals surface area contributed by atoms with Crippen molar-refractivity contribution >= 4 is 23.1 Å². The van der Waals surface area contributed by atoms with Crippen LogP contribution in [0.3, 0.4) is 0 Å². The molecule has 0 unspecified atom stereocenters. The Balaban J connectivity index is 1.30. The second kappa shape index (κ2) is 6.94. The van der Waals surface area contributed by atoms with E-state index in [0.29, 0.717) is 23.4 Å². The molecule has 0 saturated heterocycles. The smallest absolute Gasteiger partial charge is 0.257 e. The standard InChI is InChI=1S/C19H17N5OS2/c1-24-17(15-6-3-9-26-15)21-22-19(24)27-11-16-20-18(25-23-16)14-5-2-4-13(10-14)12-7-8-12/h2-6,9-10,12H,7-8,11H2,1H3. The Bertz CT molecular complexity index is 1070. The number of thiophene rings is 1. The van der Waals surface area contributed by atoms with Crippen molar-refractivity contribution in [2.24, 2.45) is 7.05 Å². The van der Waals surface area contributed by atoms with Gasteiger partial charge in [0, 0.05) is 12.6 Å². The minimum atomic E-state index is 0.574. The van der Waals surface area contributed by atoms with Crippen molar-refractivity contribution in [2.75, 3.05) is 0 Å². The van der Waals surface area contributed by atoms with Crippen molar-refractivity contribution in [1.82, 2.24) is 24.9 Å². The second-order valence-corrected chi connectivity index (χ2v) is 8.44. The topological polar surface area (TPSA) is 69.6 Å². The maximum absolute atomic E-state index is 5.47. The average molecular weight is 396 g/mol. The number of hydrogen-bond acceptors (Lipinski definition) is 7. The first-order valence-corrected chi connectivity index (χ1v) is 10.6. The maximum Gasteiger partial charge on any atom is 0.257 e. The molecule has 0 bridgehead atoms. The van der Waals surface area contributed by atoms with Crippen LogP contribution in [0.5, 0.6) is 0 Å². The van der Waals surface area contributed by atoms with E-state index in [2.05, 4.69) is 38.5 Å². The molecule has 1 aliphatic carbocycles. The first kappa shape index (κ1) is 16.7. The van der Waals surface area contributed by atoms with Crippen molar-refractivity contribution < 1.29 is 4.52 Å². The Labute approximate surface area is 164 Å². The summed E-state index contributed by atoms with van der Waals surface area (Å²) in [6.45, 7) is 0. The highest BCUT2D eigenvalue weighted by Gasteiger charge is 2.24. The van der Waals surface area contributed by atoms with Gasteiger partial charge in [-0.25, -0.2) is 0 Å². The van der Waals surface area contributed by atoms with Crippen LogP contribution in [0.4, 0.5) is 0 Å². The number of benzene rings is 1.